The van der Waals surface area contributed by atoms with Crippen molar-refractivity contribution in [2.75, 3.05) is 6.54 Å². The van der Waals surface area contributed by atoms with E-state index in [1.54, 1.807) is 19.1 Å². The first-order chi connectivity index (χ1) is 9.16. The normalized spacial score (nSPS) is 13.2. The number of carbonyl (C=O) groups is 2. The summed E-state index contributed by atoms with van der Waals surface area (Å²) >= 11 is 3.34. The van der Waals surface area contributed by atoms with Gasteiger partial charge < -0.3 is 16.4 Å². The molecule has 5 nitrogen and oxygen atoms in total. The number of carbonyl (C=O) groups excluding carboxylic acids is 2. The van der Waals surface area contributed by atoms with Gasteiger partial charge in [-0.15, -0.1) is 12.4 Å². The van der Waals surface area contributed by atoms with Crippen LogP contribution < -0.4 is 11.5 Å². The average Bonchev–Trinajstić information content (AvgIpc) is 2.35. The first-order valence-electron chi connectivity index (χ1n) is 6.30. The van der Waals surface area contributed by atoms with Gasteiger partial charge in [-0.2, -0.15) is 0 Å². The third-order valence-corrected chi connectivity index (χ3v) is 3.63. The SMILES string of the molecule is CC(C)N(CC(N)=O)C(=O)C(C)(N)c1ccc(Br)cc1.Cl. The van der Waals surface area contributed by atoms with E-state index in [4.69, 9.17) is 11.5 Å². The van der Waals surface area contributed by atoms with E-state index in [0.29, 0.717) is 5.56 Å². The molecule has 0 aliphatic heterocycles. The molecule has 1 unspecified atom stereocenters. The second kappa shape index (κ2) is 7.77. The molecule has 7 heteroatoms. The summed E-state index contributed by atoms with van der Waals surface area (Å²) in [6.45, 7) is 5.13. The van der Waals surface area contributed by atoms with Crippen LogP contribution in [0.4, 0.5) is 0 Å². The van der Waals surface area contributed by atoms with Crippen LogP contribution in [0.1, 0.15) is 26.3 Å². The van der Waals surface area contributed by atoms with Crippen molar-refractivity contribution in [2.24, 2.45) is 11.5 Å². The van der Waals surface area contributed by atoms with Gasteiger partial charge in [-0.3, -0.25) is 9.59 Å². The Morgan fingerprint density at radius 2 is 1.76 bits per heavy atom. The number of benzene rings is 1. The maximum Gasteiger partial charge on any atom is 0.247 e. The Hall–Kier alpha value is -1.11. The summed E-state index contributed by atoms with van der Waals surface area (Å²) in [5.41, 5.74) is 10.9. The Labute approximate surface area is 139 Å². The van der Waals surface area contributed by atoms with E-state index in [2.05, 4.69) is 15.9 Å². The molecule has 0 aromatic heterocycles. The molecule has 21 heavy (non-hydrogen) atoms. The van der Waals surface area contributed by atoms with Crippen molar-refractivity contribution < 1.29 is 9.59 Å². The number of nitrogens with zero attached hydrogens (tertiary/aromatic N) is 1. The van der Waals surface area contributed by atoms with E-state index in [-0.39, 0.29) is 30.9 Å². The molecule has 4 N–H and O–H groups in total. The summed E-state index contributed by atoms with van der Waals surface area (Å²) < 4.78 is 0.905. The van der Waals surface area contributed by atoms with E-state index < -0.39 is 11.4 Å². The molecule has 118 valence electrons. The van der Waals surface area contributed by atoms with Gasteiger partial charge in [0.25, 0.3) is 0 Å². The number of amides is 2. The Bertz CT molecular complexity index is 503. The topological polar surface area (TPSA) is 89.4 Å². The summed E-state index contributed by atoms with van der Waals surface area (Å²) in [7, 11) is 0. The second-order valence-corrected chi connectivity index (χ2v) is 6.12. The van der Waals surface area contributed by atoms with Crippen LogP contribution >= 0.6 is 28.3 Å². The highest BCUT2D eigenvalue weighted by Gasteiger charge is 2.36. The molecule has 0 saturated carbocycles. The van der Waals surface area contributed by atoms with E-state index in [0.717, 1.165) is 4.47 Å². The summed E-state index contributed by atoms with van der Waals surface area (Å²) in [6, 6.07) is 7.05. The van der Waals surface area contributed by atoms with Crippen molar-refractivity contribution >= 4 is 40.2 Å². The zero-order valence-corrected chi connectivity index (χ0v) is 14.7. The van der Waals surface area contributed by atoms with Crippen molar-refractivity contribution in [3.8, 4) is 0 Å². The number of rotatable bonds is 5. The molecule has 0 saturated heterocycles. The van der Waals surface area contributed by atoms with E-state index >= 15 is 0 Å². The molecule has 1 aromatic carbocycles. The van der Waals surface area contributed by atoms with Gasteiger partial charge in [0, 0.05) is 10.5 Å². The average molecular weight is 379 g/mol. The Kier molecular flexibility index (Phi) is 7.36. The molecule has 1 rings (SSSR count). The van der Waals surface area contributed by atoms with Crippen LogP contribution in [0.5, 0.6) is 0 Å². The third-order valence-electron chi connectivity index (χ3n) is 3.10. The lowest BCUT2D eigenvalue weighted by atomic mass is 9.91. The zero-order chi connectivity index (χ0) is 15.5. The molecule has 0 radical (unpaired) electrons. The highest BCUT2D eigenvalue weighted by atomic mass is 79.9. The van der Waals surface area contributed by atoms with Crippen molar-refractivity contribution in [1.82, 2.24) is 4.90 Å². The van der Waals surface area contributed by atoms with Gasteiger partial charge in [-0.1, -0.05) is 28.1 Å². The quantitative estimate of drug-likeness (QED) is 0.818. The monoisotopic (exact) mass is 377 g/mol. The highest BCUT2D eigenvalue weighted by Crippen LogP contribution is 2.23. The Balaban J connectivity index is 0.00000400. The maximum absolute atomic E-state index is 12.6. The fourth-order valence-corrected chi connectivity index (χ4v) is 2.14. The Morgan fingerprint density at radius 3 is 2.14 bits per heavy atom. The number of nitrogens with two attached hydrogens (primary N) is 2. The minimum atomic E-state index is -1.21. The lowest BCUT2D eigenvalue weighted by Gasteiger charge is -2.34. The predicted molar refractivity (Wildman–Crippen MR) is 89.0 cm³/mol. The van der Waals surface area contributed by atoms with Crippen LogP contribution in [0.3, 0.4) is 0 Å². The smallest absolute Gasteiger partial charge is 0.247 e. The van der Waals surface area contributed by atoms with Crippen LogP contribution in [-0.2, 0) is 15.1 Å². The number of hydrogen-bond donors (Lipinski definition) is 2. The molecule has 0 bridgehead atoms. The summed E-state index contributed by atoms with van der Waals surface area (Å²) in [4.78, 5) is 25.1. The van der Waals surface area contributed by atoms with Crippen molar-refractivity contribution in [2.45, 2.75) is 32.4 Å². The predicted octanol–water partition coefficient (Wildman–Crippen LogP) is 1.77. The molecular formula is C14H21BrClN3O2. The largest absolute Gasteiger partial charge is 0.368 e. The molecule has 1 aromatic rings. The number of halogens is 2. The van der Waals surface area contributed by atoms with Crippen LogP contribution in [0, 0.1) is 0 Å². The molecular weight excluding hydrogens is 358 g/mol. The van der Waals surface area contributed by atoms with E-state index in [1.807, 2.05) is 26.0 Å². The molecule has 0 aliphatic rings. The van der Waals surface area contributed by atoms with Crippen molar-refractivity contribution in [3.05, 3.63) is 34.3 Å². The van der Waals surface area contributed by atoms with Crippen LogP contribution in [0.15, 0.2) is 28.7 Å². The number of primary amides is 1. The zero-order valence-electron chi connectivity index (χ0n) is 12.3. The number of hydrogen-bond acceptors (Lipinski definition) is 3. The summed E-state index contributed by atoms with van der Waals surface area (Å²) in [5.74, 6) is -0.882. The van der Waals surface area contributed by atoms with Crippen LogP contribution in [-0.4, -0.2) is 29.3 Å². The van der Waals surface area contributed by atoms with Gasteiger partial charge in [0.2, 0.25) is 11.8 Å². The van der Waals surface area contributed by atoms with E-state index in [9.17, 15) is 9.59 Å². The first-order valence-corrected chi connectivity index (χ1v) is 7.10. The fourth-order valence-electron chi connectivity index (χ4n) is 1.87. The summed E-state index contributed by atoms with van der Waals surface area (Å²) in [6.07, 6.45) is 0. The van der Waals surface area contributed by atoms with Gasteiger partial charge in [-0.25, -0.2) is 0 Å². The standard InChI is InChI=1S/C14H20BrN3O2.ClH/c1-9(2)18(8-12(16)19)13(20)14(3,17)10-4-6-11(15)7-5-10;/h4-7,9H,8,17H2,1-3H3,(H2,16,19);1H. The van der Waals surface area contributed by atoms with Gasteiger partial charge in [0.05, 0.1) is 6.54 Å². The third kappa shape index (κ3) is 4.98. The van der Waals surface area contributed by atoms with Crippen molar-refractivity contribution in [1.29, 1.82) is 0 Å². The van der Waals surface area contributed by atoms with Crippen molar-refractivity contribution in [3.63, 3.8) is 0 Å². The minimum absolute atomic E-state index is 0. The lowest BCUT2D eigenvalue weighted by Crippen LogP contribution is -2.55. The molecule has 0 spiro atoms. The molecule has 2 amide bonds. The first kappa shape index (κ1) is 19.9. The molecule has 1 atom stereocenters. The molecule has 0 heterocycles. The summed E-state index contributed by atoms with van der Waals surface area (Å²) in [5, 5.41) is 0. The lowest BCUT2D eigenvalue weighted by molar-refractivity contribution is -0.141. The van der Waals surface area contributed by atoms with E-state index in [1.165, 1.54) is 4.90 Å². The van der Waals surface area contributed by atoms with Gasteiger partial charge in [-0.05, 0) is 38.5 Å². The fraction of sp³-hybridized carbons (Fsp3) is 0.429. The molecule has 0 aliphatic carbocycles. The van der Waals surface area contributed by atoms with Gasteiger partial charge in [0.1, 0.15) is 5.54 Å². The molecule has 0 fully saturated rings. The van der Waals surface area contributed by atoms with Gasteiger partial charge >= 0.3 is 0 Å². The second-order valence-electron chi connectivity index (χ2n) is 5.20. The van der Waals surface area contributed by atoms with Crippen LogP contribution in [0.2, 0.25) is 0 Å². The van der Waals surface area contributed by atoms with Crippen LogP contribution in [0.25, 0.3) is 0 Å². The highest BCUT2D eigenvalue weighted by molar-refractivity contribution is 9.10. The Morgan fingerprint density at radius 1 is 1.29 bits per heavy atom. The van der Waals surface area contributed by atoms with Gasteiger partial charge in [0.15, 0.2) is 0 Å². The maximum atomic E-state index is 12.6. The minimum Gasteiger partial charge on any atom is -0.368 e.